The van der Waals surface area contributed by atoms with Gasteiger partial charge in [-0.05, 0) is 24.6 Å². The number of nitrogens with zero attached hydrogens (tertiary/aromatic N) is 6. The van der Waals surface area contributed by atoms with Gasteiger partial charge < -0.3 is 9.80 Å². The van der Waals surface area contributed by atoms with Gasteiger partial charge in [-0.2, -0.15) is 5.10 Å². The Hall–Kier alpha value is -3.29. The molecule has 0 N–H and O–H groups in total. The molecular weight excluding hydrogens is 359 g/mol. The molecule has 1 fully saturated rings. The van der Waals surface area contributed by atoms with Crippen molar-refractivity contribution in [3.63, 3.8) is 0 Å². The van der Waals surface area contributed by atoms with Gasteiger partial charge in [-0.25, -0.2) is 19.0 Å². The van der Waals surface area contributed by atoms with Gasteiger partial charge >= 0.3 is 0 Å². The van der Waals surface area contributed by atoms with Crippen molar-refractivity contribution in [3.8, 4) is 5.82 Å². The number of benzene rings is 1. The second kappa shape index (κ2) is 7.75. The van der Waals surface area contributed by atoms with Crippen LogP contribution in [0.2, 0.25) is 0 Å². The summed E-state index contributed by atoms with van der Waals surface area (Å²) in [4.78, 5) is 25.1. The molecule has 0 atom stereocenters. The molecule has 0 unspecified atom stereocenters. The van der Waals surface area contributed by atoms with E-state index in [4.69, 9.17) is 0 Å². The number of rotatable bonds is 4. The maximum absolute atomic E-state index is 13.8. The molecule has 1 aliphatic rings. The number of piperazine rings is 1. The van der Waals surface area contributed by atoms with Crippen LogP contribution >= 0.6 is 0 Å². The molecule has 0 spiro atoms. The lowest BCUT2D eigenvalue weighted by Crippen LogP contribution is -2.49. The van der Waals surface area contributed by atoms with Crippen LogP contribution in [0.3, 0.4) is 0 Å². The van der Waals surface area contributed by atoms with Crippen molar-refractivity contribution in [1.82, 2.24) is 24.6 Å². The average Bonchev–Trinajstić information content (AvgIpc) is 3.16. The maximum Gasteiger partial charge on any atom is 0.227 e. The van der Waals surface area contributed by atoms with Crippen molar-refractivity contribution in [3.05, 3.63) is 66.0 Å². The first-order valence-electron chi connectivity index (χ1n) is 9.21. The minimum absolute atomic E-state index is 0.0554. The molecule has 1 aromatic carbocycles. The van der Waals surface area contributed by atoms with Gasteiger partial charge in [0.25, 0.3) is 0 Å². The zero-order chi connectivity index (χ0) is 19.5. The summed E-state index contributed by atoms with van der Waals surface area (Å²) in [6.07, 6.45) is 3.47. The predicted molar refractivity (Wildman–Crippen MR) is 103 cm³/mol. The third-order valence-corrected chi connectivity index (χ3v) is 4.85. The van der Waals surface area contributed by atoms with Crippen LogP contribution in [-0.4, -0.2) is 56.7 Å². The van der Waals surface area contributed by atoms with E-state index in [-0.39, 0.29) is 18.1 Å². The van der Waals surface area contributed by atoms with Crippen LogP contribution in [0.5, 0.6) is 0 Å². The van der Waals surface area contributed by atoms with E-state index in [0.29, 0.717) is 37.6 Å². The third-order valence-electron chi connectivity index (χ3n) is 4.85. The number of aromatic nitrogens is 4. The predicted octanol–water partition coefficient (Wildman–Crippen LogP) is 2.00. The van der Waals surface area contributed by atoms with Crippen molar-refractivity contribution in [2.75, 3.05) is 31.1 Å². The van der Waals surface area contributed by atoms with Crippen molar-refractivity contribution in [2.45, 2.75) is 13.3 Å². The van der Waals surface area contributed by atoms with E-state index in [1.807, 2.05) is 25.3 Å². The minimum Gasteiger partial charge on any atom is -0.353 e. The Labute approximate surface area is 162 Å². The molecule has 3 heterocycles. The summed E-state index contributed by atoms with van der Waals surface area (Å²) in [5.41, 5.74) is 1.35. The summed E-state index contributed by atoms with van der Waals surface area (Å²) in [5, 5.41) is 4.37. The van der Waals surface area contributed by atoms with Crippen LogP contribution in [-0.2, 0) is 11.2 Å². The number of hydrogen-bond acceptors (Lipinski definition) is 5. The molecule has 0 bridgehead atoms. The zero-order valence-corrected chi connectivity index (χ0v) is 15.6. The maximum atomic E-state index is 13.8. The Kier molecular flexibility index (Phi) is 5.01. The highest BCUT2D eigenvalue weighted by atomic mass is 19.1. The molecule has 28 heavy (non-hydrogen) atoms. The molecule has 2 aromatic heterocycles. The monoisotopic (exact) mass is 380 g/mol. The van der Waals surface area contributed by atoms with Gasteiger partial charge in [-0.1, -0.05) is 18.2 Å². The number of halogens is 1. The molecule has 144 valence electrons. The Morgan fingerprint density at radius 1 is 1.07 bits per heavy atom. The largest absolute Gasteiger partial charge is 0.353 e. The number of carbonyl (C=O) groups excluding carboxylic acids is 1. The Balaban J connectivity index is 1.39. The van der Waals surface area contributed by atoms with Crippen LogP contribution < -0.4 is 4.90 Å². The first kappa shape index (κ1) is 18.1. The zero-order valence-electron chi connectivity index (χ0n) is 15.6. The van der Waals surface area contributed by atoms with Crippen molar-refractivity contribution >= 4 is 11.7 Å². The highest BCUT2D eigenvalue weighted by molar-refractivity contribution is 5.79. The van der Waals surface area contributed by atoms with E-state index in [1.54, 1.807) is 27.8 Å². The smallest absolute Gasteiger partial charge is 0.227 e. The summed E-state index contributed by atoms with van der Waals surface area (Å²) in [5.74, 6) is 1.12. The van der Waals surface area contributed by atoms with Crippen LogP contribution in [0, 0.1) is 12.7 Å². The van der Waals surface area contributed by atoms with Gasteiger partial charge in [0, 0.05) is 38.4 Å². The van der Waals surface area contributed by atoms with Gasteiger partial charge in [-0.15, -0.1) is 0 Å². The highest BCUT2D eigenvalue weighted by Crippen LogP contribution is 2.17. The van der Waals surface area contributed by atoms with Gasteiger partial charge in [-0.3, -0.25) is 4.79 Å². The van der Waals surface area contributed by atoms with Crippen LogP contribution in [0.15, 0.2) is 48.9 Å². The van der Waals surface area contributed by atoms with Gasteiger partial charge in [0.15, 0.2) is 5.82 Å². The van der Waals surface area contributed by atoms with Crippen LogP contribution in [0.25, 0.3) is 5.82 Å². The molecule has 8 heteroatoms. The third kappa shape index (κ3) is 3.85. The molecule has 1 amide bonds. The van der Waals surface area contributed by atoms with Gasteiger partial charge in [0.2, 0.25) is 5.91 Å². The molecule has 0 aliphatic carbocycles. The quantitative estimate of drug-likeness (QED) is 0.693. The number of carbonyl (C=O) groups is 1. The van der Waals surface area contributed by atoms with Crippen LogP contribution in [0.4, 0.5) is 10.2 Å². The van der Waals surface area contributed by atoms with E-state index in [9.17, 15) is 9.18 Å². The molecule has 3 aromatic rings. The fraction of sp³-hybridized carbons (Fsp3) is 0.300. The number of aryl methyl sites for hydroxylation is 1. The van der Waals surface area contributed by atoms with Gasteiger partial charge in [0.05, 0.1) is 12.1 Å². The minimum atomic E-state index is -0.336. The number of amides is 1. The molecule has 7 nitrogen and oxygen atoms in total. The molecule has 0 radical (unpaired) electrons. The average molecular weight is 380 g/mol. The summed E-state index contributed by atoms with van der Waals surface area (Å²) in [7, 11) is 0. The lowest BCUT2D eigenvalue weighted by atomic mass is 10.1. The second-order valence-corrected chi connectivity index (χ2v) is 6.77. The lowest BCUT2D eigenvalue weighted by molar-refractivity contribution is -0.130. The SMILES string of the molecule is Cc1ccn(-c2cc(N3CCN(C(=O)Cc4ccccc4F)CC3)ncn2)n1. The fourth-order valence-electron chi connectivity index (χ4n) is 3.28. The van der Waals surface area contributed by atoms with Crippen LogP contribution in [0.1, 0.15) is 11.3 Å². The van der Waals surface area contributed by atoms with E-state index < -0.39 is 0 Å². The number of anilines is 1. The summed E-state index contributed by atoms with van der Waals surface area (Å²) < 4.78 is 15.5. The molecular formula is C20H21FN6O. The standard InChI is InChI=1S/C20H21FN6O/c1-15-6-7-27(24-15)19-13-18(22-14-23-19)25-8-10-26(11-9-25)20(28)12-16-4-2-3-5-17(16)21/h2-7,13-14H,8-12H2,1H3. The summed E-state index contributed by atoms with van der Waals surface area (Å²) in [6.45, 7) is 4.41. The van der Waals surface area contributed by atoms with Crippen molar-refractivity contribution in [1.29, 1.82) is 0 Å². The van der Waals surface area contributed by atoms with E-state index in [0.717, 1.165) is 11.5 Å². The normalized spacial score (nSPS) is 14.4. The summed E-state index contributed by atoms with van der Waals surface area (Å²) in [6, 6.07) is 10.2. The second-order valence-electron chi connectivity index (χ2n) is 6.77. The van der Waals surface area contributed by atoms with E-state index in [2.05, 4.69) is 20.0 Å². The van der Waals surface area contributed by atoms with Crippen molar-refractivity contribution in [2.24, 2.45) is 0 Å². The Bertz CT molecular complexity index is 980. The van der Waals surface area contributed by atoms with E-state index in [1.165, 1.54) is 12.4 Å². The lowest BCUT2D eigenvalue weighted by Gasteiger charge is -2.35. The molecule has 4 rings (SSSR count). The topological polar surface area (TPSA) is 67.2 Å². The molecule has 1 aliphatic heterocycles. The first-order valence-corrected chi connectivity index (χ1v) is 9.21. The first-order chi connectivity index (χ1) is 13.6. The highest BCUT2D eigenvalue weighted by Gasteiger charge is 2.23. The fourth-order valence-corrected chi connectivity index (χ4v) is 3.28. The Morgan fingerprint density at radius 3 is 2.54 bits per heavy atom. The van der Waals surface area contributed by atoms with Crippen molar-refractivity contribution < 1.29 is 9.18 Å². The molecule has 0 saturated carbocycles. The van der Waals surface area contributed by atoms with E-state index >= 15 is 0 Å². The summed E-state index contributed by atoms with van der Waals surface area (Å²) >= 11 is 0. The molecule has 1 saturated heterocycles. The number of hydrogen-bond donors (Lipinski definition) is 0. The van der Waals surface area contributed by atoms with Gasteiger partial charge in [0.1, 0.15) is 18.0 Å². The Morgan fingerprint density at radius 2 is 1.82 bits per heavy atom.